The monoisotopic (exact) mass is 430 g/mol. The van der Waals surface area contributed by atoms with Gasteiger partial charge in [0.2, 0.25) is 5.88 Å². The number of benzene rings is 2. The summed E-state index contributed by atoms with van der Waals surface area (Å²) in [6, 6.07) is 11.5. The average Bonchev–Trinajstić information content (AvgIpc) is 2.66. The summed E-state index contributed by atoms with van der Waals surface area (Å²) in [7, 11) is 1.55. The van der Waals surface area contributed by atoms with Gasteiger partial charge in [0.15, 0.2) is 6.61 Å². The van der Waals surface area contributed by atoms with Crippen LogP contribution in [0.2, 0.25) is 0 Å². The third kappa shape index (κ3) is 4.91. The summed E-state index contributed by atoms with van der Waals surface area (Å²) in [6.07, 6.45) is 1.35. The van der Waals surface area contributed by atoms with Crippen LogP contribution in [-0.2, 0) is 4.79 Å². The lowest BCUT2D eigenvalue weighted by Gasteiger charge is -2.09. The van der Waals surface area contributed by atoms with Crippen LogP contribution in [0.1, 0.15) is 0 Å². The maximum absolute atomic E-state index is 12.0. The number of anilines is 1. The zero-order chi connectivity index (χ0) is 19.2. The molecule has 27 heavy (non-hydrogen) atoms. The molecule has 0 unspecified atom stereocenters. The SMILES string of the molecule is COc1ccc(NC(=O)NC(=O)COc2ncnc3ccc(Br)cc23)cc1. The van der Waals surface area contributed by atoms with Crippen molar-refractivity contribution < 1.29 is 19.1 Å². The van der Waals surface area contributed by atoms with Gasteiger partial charge in [0, 0.05) is 10.2 Å². The van der Waals surface area contributed by atoms with Crippen molar-refractivity contribution >= 4 is 44.5 Å². The van der Waals surface area contributed by atoms with Gasteiger partial charge < -0.3 is 14.8 Å². The van der Waals surface area contributed by atoms with Crippen molar-refractivity contribution in [1.82, 2.24) is 15.3 Å². The number of urea groups is 1. The number of hydrogen-bond donors (Lipinski definition) is 2. The van der Waals surface area contributed by atoms with Gasteiger partial charge >= 0.3 is 6.03 Å². The van der Waals surface area contributed by atoms with E-state index >= 15 is 0 Å². The number of methoxy groups -OCH3 is 1. The third-order valence-electron chi connectivity index (χ3n) is 3.50. The highest BCUT2D eigenvalue weighted by molar-refractivity contribution is 9.10. The second-order valence-corrected chi connectivity index (χ2v) is 6.28. The number of nitrogens with one attached hydrogen (secondary N) is 2. The normalized spacial score (nSPS) is 10.3. The van der Waals surface area contributed by atoms with Gasteiger partial charge in [-0.05, 0) is 42.5 Å². The van der Waals surface area contributed by atoms with Crippen LogP contribution in [0.15, 0.2) is 53.3 Å². The van der Waals surface area contributed by atoms with E-state index in [1.54, 1.807) is 43.5 Å². The van der Waals surface area contributed by atoms with Crippen molar-refractivity contribution in [2.45, 2.75) is 0 Å². The molecule has 0 saturated carbocycles. The van der Waals surface area contributed by atoms with Crippen LogP contribution in [0.4, 0.5) is 10.5 Å². The van der Waals surface area contributed by atoms with Gasteiger partial charge in [0.1, 0.15) is 12.1 Å². The van der Waals surface area contributed by atoms with Gasteiger partial charge in [0.05, 0.1) is 18.0 Å². The van der Waals surface area contributed by atoms with Crippen LogP contribution in [0, 0.1) is 0 Å². The summed E-state index contributed by atoms with van der Waals surface area (Å²) in [5.74, 6) is 0.309. The fraction of sp³-hybridized carbons (Fsp3) is 0.111. The molecule has 1 heterocycles. The van der Waals surface area contributed by atoms with E-state index in [1.807, 2.05) is 6.07 Å². The first-order valence-electron chi connectivity index (χ1n) is 7.83. The average molecular weight is 431 g/mol. The minimum absolute atomic E-state index is 0.256. The fourth-order valence-corrected chi connectivity index (χ4v) is 2.61. The van der Waals surface area contributed by atoms with Gasteiger partial charge in [-0.3, -0.25) is 10.1 Å². The van der Waals surface area contributed by atoms with Crippen LogP contribution in [0.25, 0.3) is 10.9 Å². The highest BCUT2D eigenvalue weighted by Crippen LogP contribution is 2.24. The first-order valence-corrected chi connectivity index (χ1v) is 8.62. The predicted molar refractivity (Wildman–Crippen MR) is 103 cm³/mol. The van der Waals surface area contributed by atoms with Crippen molar-refractivity contribution in [2.75, 3.05) is 19.0 Å². The van der Waals surface area contributed by atoms with Crippen molar-refractivity contribution in [2.24, 2.45) is 0 Å². The van der Waals surface area contributed by atoms with E-state index in [-0.39, 0.29) is 12.5 Å². The number of hydrogen-bond acceptors (Lipinski definition) is 6. The van der Waals surface area contributed by atoms with Crippen LogP contribution in [0.5, 0.6) is 11.6 Å². The predicted octanol–water partition coefficient (Wildman–Crippen LogP) is 3.13. The molecular weight excluding hydrogens is 416 g/mol. The Morgan fingerprint density at radius 1 is 1.11 bits per heavy atom. The minimum atomic E-state index is -0.663. The van der Waals surface area contributed by atoms with E-state index in [0.29, 0.717) is 22.3 Å². The van der Waals surface area contributed by atoms with Crippen LogP contribution in [0.3, 0.4) is 0 Å². The van der Waals surface area contributed by atoms with Gasteiger partial charge in [-0.15, -0.1) is 0 Å². The number of fused-ring (bicyclic) bond motifs is 1. The minimum Gasteiger partial charge on any atom is -0.497 e. The summed E-state index contributed by atoms with van der Waals surface area (Å²) < 4.78 is 11.3. The third-order valence-corrected chi connectivity index (χ3v) is 3.99. The second kappa shape index (κ2) is 8.45. The van der Waals surface area contributed by atoms with E-state index in [9.17, 15) is 9.59 Å². The lowest BCUT2D eigenvalue weighted by Crippen LogP contribution is -2.37. The molecule has 3 rings (SSSR count). The molecule has 9 heteroatoms. The quantitative estimate of drug-likeness (QED) is 0.644. The zero-order valence-electron chi connectivity index (χ0n) is 14.2. The molecular formula is C18H15BrN4O4. The molecule has 3 amide bonds. The zero-order valence-corrected chi connectivity index (χ0v) is 15.8. The largest absolute Gasteiger partial charge is 0.497 e. The lowest BCUT2D eigenvalue weighted by molar-refractivity contribution is -0.121. The molecule has 0 fully saturated rings. The Labute approximate surface area is 163 Å². The summed E-state index contributed by atoms with van der Waals surface area (Å²) in [5.41, 5.74) is 1.20. The van der Waals surface area contributed by atoms with Crippen molar-refractivity contribution in [3.63, 3.8) is 0 Å². The summed E-state index contributed by atoms with van der Waals surface area (Å²) in [4.78, 5) is 32.0. The summed E-state index contributed by atoms with van der Waals surface area (Å²) >= 11 is 3.37. The topological polar surface area (TPSA) is 102 Å². The van der Waals surface area contributed by atoms with E-state index in [1.165, 1.54) is 6.33 Å². The molecule has 0 spiro atoms. The Bertz CT molecular complexity index is 979. The summed E-state index contributed by atoms with van der Waals surface area (Å²) in [5, 5.41) is 5.39. The molecule has 0 aliphatic rings. The van der Waals surface area contributed by atoms with Crippen molar-refractivity contribution in [3.05, 3.63) is 53.3 Å². The second-order valence-electron chi connectivity index (χ2n) is 5.36. The van der Waals surface area contributed by atoms with E-state index < -0.39 is 11.9 Å². The number of ether oxygens (including phenoxy) is 2. The van der Waals surface area contributed by atoms with E-state index in [4.69, 9.17) is 9.47 Å². The Hall–Kier alpha value is -3.20. The molecule has 2 aromatic carbocycles. The number of amides is 3. The molecule has 3 aromatic rings. The maximum Gasteiger partial charge on any atom is 0.325 e. The lowest BCUT2D eigenvalue weighted by atomic mass is 10.2. The van der Waals surface area contributed by atoms with Crippen LogP contribution >= 0.6 is 15.9 Å². The number of carbonyl (C=O) groups is 2. The number of nitrogens with zero attached hydrogens (tertiary/aromatic N) is 2. The standard InChI is InChI=1S/C18H15BrN4O4/c1-26-13-5-3-12(4-6-13)22-18(25)23-16(24)9-27-17-14-8-11(19)2-7-15(14)20-10-21-17/h2-8,10H,9H2,1H3,(H2,22,23,24,25). The fourth-order valence-electron chi connectivity index (χ4n) is 2.25. The molecule has 0 bridgehead atoms. The highest BCUT2D eigenvalue weighted by Gasteiger charge is 2.11. The van der Waals surface area contributed by atoms with Crippen molar-refractivity contribution in [3.8, 4) is 11.6 Å². The Balaban J connectivity index is 1.56. The first kappa shape index (κ1) is 18.6. The Morgan fingerprint density at radius 2 is 1.89 bits per heavy atom. The van der Waals surface area contributed by atoms with Gasteiger partial charge in [-0.25, -0.2) is 14.8 Å². The Morgan fingerprint density at radius 3 is 2.63 bits per heavy atom. The molecule has 0 atom stereocenters. The van der Waals surface area contributed by atoms with Crippen molar-refractivity contribution in [1.29, 1.82) is 0 Å². The number of rotatable bonds is 5. The smallest absolute Gasteiger partial charge is 0.325 e. The van der Waals surface area contributed by atoms with Gasteiger partial charge in [-0.2, -0.15) is 0 Å². The number of aromatic nitrogens is 2. The molecule has 0 radical (unpaired) electrons. The van der Waals surface area contributed by atoms with Crippen LogP contribution in [-0.4, -0.2) is 35.6 Å². The molecule has 0 aliphatic carbocycles. The highest BCUT2D eigenvalue weighted by atomic mass is 79.9. The maximum atomic E-state index is 12.0. The van der Waals surface area contributed by atoms with Crippen LogP contribution < -0.4 is 20.1 Å². The number of halogens is 1. The molecule has 8 nitrogen and oxygen atoms in total. The first-order chi connectivity index (χ1) is 13.0. The molecule has 0 aliphatic heterocycles. The van der Waals surface area contributed by atoms with Gasteiger partial charge in [-0.1, -0.05) is 15.9 Å². The number of carbonyl (C=O) groups excluding carboxylic acids is 2. The van der Waals surface area contributed by atoms with E-state index in [2.05, 4.69) is 36.5 Å². The summed E-state index contributed by atoms with van der Waals surface area (Å²) in [6.45, 7) is -0.366. The Kier molecular flexibility index (Phi) is 5.82. The molecule has 138 valence electrons. The molecule has 0 saturated heterocycles. The molecule has 1 aromatic heterocycles. The molecule has 2 N–H and O–H groups in total. The van der Waals surface area contributed by atoms with E-state index in [0.717, 1.165) is 4.47 Å². The number of imide groups is 1. The van der Waals surface area contributed by atoms with Gasteiger partial charge in [0.25, 0.3) is 5.91 Å².